The number of nitrogens with zero attached hydrogens (tertiary/aromatic N) is 2. The average molecular weight is 449 g/mol. The predicted molar refractivity (Wildman–Crippen MR) is 127 cm³/mol. The van der Waals surface area contributed by atoms with E-state index >= 15 is 0 Å². The van der Waals surface area contributed by atoms with E-state index in [0.717, 1.165) is 24.6 Å². The lowest BCUT2D eigenvalue weighted by Gasteiger charge is -2.34. The summed E-state index contributed by atoms with van der Waals surface area (Å²) in [5, 5.41) is 0. The zero-order valence-electron chi connectivity index (χ0n) is 19.6. The Labute approximate surface area is 195 Å². The summed E-state index contributed by atoms with van der Waals surface area (Å²) in [6.07, 6.45) is 0.0518. The Morgan fingerprint density at radius 1 is 0.909 bits per heavy atom. The monoisotopic (exact) mass is 448 g/mol. The van der Waals surface area contributed by atoms with E-state index in [1.54, 1.807) is 13.2 Å². The summed E-state index contributed by atoms with van der Waals surface area (Å²) in [7, 11) is 1.67. The fraction of sp³-hybridized carbons (Fsp3) is 0.370. The van der Waals surface area contributed by atoms with Gasteiger partial charge in [0, 0.05) is 26.2 Å². The highest BCUT2D eigenvalue weighted by molar-refractivity contribution is 5.91. The smallest absolute Gasteiger partial charge is 0.289 e. The topological polar surface area (TPSA) is 55.2 Å². The van der Waals surface area contributed by atoms with Crippen molar-refractivity contribution in [2.45, 2.75) is 45.7 Å². The summed E-state index contributed by atoms with van der Waals surface area (Å²) < 4.78 is 17.0. The third-order valence-corrected chi connectivity index (χ3v) is 5.77. The molecule has 3 aromatic rings. The van der Waals surface area contributed by atoms with E-state index in [2.05, 4.69) is 41.3 Å². The van der Waals surface area contributed by atoms with Crippen molar-refractivity contribution in [3.05, 3.63) is 89.4 Å². The van der Waals surface area contributed by atoms with Gasteiger partial charge in [-0.2, -0.15) is 0 Å². The highest BCUT2D eigenvalue weighted by atomic mass is 16.5. The Morgan fingerprint density at radius 3 is 2.18 bits per heavy atom. The maximum Gasteiger partial charge on any atom is 0.289 e. The molecule has 2 heterocycles. The van der Waals surface area contributed by atoms with Gasteiger partial charge in [0.2, 0.25) is 0 Å². The van der Waals surface area contributed by atoms with Crippen LogP contribution in [0, 0.1) is 0 Å². The highest BCUT2D eigenvalue weighted by Gasteiger charge is 2.28. The largest absolute Gasteiger partial charge is 0.497 e. The van der Waals surface area contributed by atoms with Crippen molar-refractivity contribution in [2.24, 2.45) is 0 Å². The van der Waals surface area contributed by atoms with Gasteiger partial charge in [0.1, 0.15) is 11.5 Å². The molecule has 4 rings (SSSR count). The van der Waals surface area contributed by atoms with Gasteiger partial charge in [0.25, 0.3) is 5.91 Å². The van der Waals surface area contributed by atoms with Crippen LogP contribution >= 0.6 is 0 Å². The molecule has 33 heavy (non-hydrogen) atoms. The van der Waals surface area contributed by atoms with Crippen molar-refractivity contribution in [3.8, 4) is 5.75 Å². The number of amides is 1. The first-order valence-corrected chi connectivity index (χ1v) is 11.4. The zero-order valence-corrected chi connectivity index (χ0v) is 19.6. The van der Waals surface area contributed by atoms with E-state index < -0.39 is 0 Å². The summed E-state index contributed by atoms with van der Waals surface area (Å²) in [5.74, 6) is 1.93. The zero-order chi connectivity index (χ0) is 23.2. The molecule has 1 amide bonds. The van der Waals surface area contributed by atoms with Crippen molar-refractivity contribution < 1.29 is 18.7 Å². The van der Waals surface area contributed by atoms with Gasteiger partial charge in [-0.3, -0.25) is 9.69 Å². The SMILES string of the molecule is COc1ccc(CN(Cc2ccccc2)Cc2ccc(C(=O)N3CC(C)OC(C)C3)o2)cc1. The molecule has 2 aromatic carbocycles. The summed E-state index contributed by atoms with van der Waals surface area (Å²) in [4.78, 5) is 17.1. The Balaban J connectivity index is 1.47. The highest BCUT2D eigenvalue weighted by Crippen LogP contribution is 2.20. The summed E-state index contributed by atoms with van der Waals surface area (Å²) in [6, 6.07) is 22.2. The number of methoxy groups -OCH3 is 1. The molecule has 174 valence electrons. The number of furan rings is 1. The third kappa shape index (κ3) is 6.24. The number of rotatable bonds is 8. The Kier molecular flexibility index (Phi) is 7.47. The van der Waals surface area contributed by atoms with Gasteiger partial charge in [-0.15, -0.1) is 0 Å². The number of carbonyl (C=O) groups excluding carboxylic acids is 1. The van der Waals surface area contributed by atoms with Gasteiger partial charge in [-0.05, 0) is 49.2 Å². The lowest BCUT2D eigenvalue weighted by Crippen LogP contribution is -2.48. The average Bonchev–Trinajstić information content (AvgIpc) is 3.27. The molecule has 0 saturated carbocycles. The predicted octanol–water partition coefficient (Wildman–Crippen LogP) is 4.74. The van der Waals surface area contributed by atoms with Gasteiger partial charge >= 0.3 is 0 Å². The van der Waals surface area contributed by atoms with E-state index in [4.69, 9.17) is 13.9 Å². The van der Waals surface area contributed by atoms with E-state index in [9.17, 15) is 4.79 Å². The molecule has 0 bridgehead atoms. The minimum absolute atomic E-state index is 0.0259. The van der Waals surface area contributed by atoms with Crippen LogP contribution < -0.4 is 4.74 Å². The molecular formula is C27H32N2O4. The van der Waals surface area contributed by atoms with Gasteiger partial charge in [0.15, 0.2) is 5.76 Å². The van der Waals surface area contributed by atoms with E-state index in [-0.39, 0.29) is 18.1 Å². The molecule has 0 N–H and O–H groups in total. The van der Waals surface area contributed by atoms with Crippen LogP contribution in [0.15, 0.2) is 71.1 Å². The van der Waals surface area contributed by atoms with Crippen LogP contribution in [0.3, 0.4) is 0 Å². The van der Waals surface area contributed by atoms with E-state index in [0.29, 0.717) is 25.4 Å². The van der Waals surface area contributed by atoms with Gasteiger partial charge < -0.3 is 18.8 Å². The van der Waals surface area contributed by atoms with Crippen LogP contribution in [0.1, 0.15) is 41.3 Å². The Bertz CT molecular complexity index is 1020. The van der Waals surface area contributed by atoms with Crippen LogP contribution in [0.2, 0.25) is 0 Å². The quantitative estimate of drug-likeness (QED) is 0.498. The van der Waals surface area contributed by atoms with E-state index in [1.165, 1.54) is 11.1 Å². The van der Waals surface area contributed by atoms with Crippen LogP contribution in [-0.2, 0) is 24.4 Å². The molecule has 0 radical (unpaired) electrons. The van der Waals surface area contributed by atoms with Crippen LogP contribution in [0.5, 0.6) is 5.75 Å². The fourth-order valence-electron chi connectivity index (χ4n) is 4.30. The van der Waals surface area contributed by atoms with Gasteiger partial charge in [0.05, 0.1) is 25.9 Å². The summed E-state index contributed by atoms with van der Waals surface area (Å²) in [5.41, 5.74) is 2.41. The lowest BCUT2D eigenvalue weighted by atomic mass is 10.1. The minimum atomic E-state index is -0.0759. The first-order valence-electron chi connectivity index (χ1n) is 11.4. The Hall–Kier alpha value is -3.09. The maximum atomic E-state index is 13.0. The molecule has 1 aliphatic rings. The number of carbonyl (C=O) groups is 1. The number of benzene rings is 2. The van der Waals surface area contributed by atoms with Crippen molar-refractivity contribution in [1.82, 2.24) is 9.80 Å². The summed E-state index contributed by atoms with van der Waals surface area (Å²) >= 11 is 0. The number of morpholine rings is 1. The van der Waals surface area contributed by atoms with Crippen molar-refractivity contribution in [2.75, 3.05) is 20.2 Å². The van der Waals surface area contributed by atoms with Crippen molar-refractivity contribution in [3.63, 3.8) is 0 Å². The maximum absolute atomic E-state index is 13.0. The normalized spacial score (nSPS) is 18.5. The fourth-order valence-corrected chi connectivity index (χ4v) is 4.30. The molecule has 0 spiro atoms. The molecule has 6 nitrogen and oxygen atoms in total. The number of hydrogen-bond donors (Lipinski definition) is 0. The first kappa shape index (κ1) is 23.1. The van der Waals surface area contributed by atoms with Gasteiger partial charge in [-0.1, -0.05) is 42.5 Å². The van der Waals surface area contributed by atoms with Crippen LogP contribution in [-0.4, -0.2) is 48.1 Å². The number of hydrogen-bond acceptors (Lipinski definition) is 5. The van der Waals surface area contributed by atoms with Crippen LogP contribution in [0.25, 0.3) is 0 Å². The van der Waals surface area contributed by atoms with E-state index in [1.807, 2.05) is 43.0 Å². The second kappa shape index (κ2) is 10.7. The molecule has 1 aliphatic heterocycles. The van der Waals surface area contributed by atoms with Crippen molar-refractivity contribution >= 4 is 5.91 Å². The Morgan fingerprint density at radius 2 is 1.55 bits per heavy atom. The molecule has 6 heteroatoms. The van der Waals surface area contributed by atoms with Gasteiger partial charge in [-0.25, -0.2) is 0 Å². The summed E-state index contributed by atoms with van der Waals surface area (Å²) in [6.45, 7) is 7.27. The molecule has 1 saturated heterocycles. The second-order valence-electron chi connectivity index (χ2n) is 8.71. The molecule has 0 aliphatic carbocycles. The standard InChI is InChI=1S/C27H32N2O4/c1-20-15-29(16-21(2)32-20)27(30)26-14-13-25(33-26)19-28(17-22-7-5-4-6-8-22)18-23-9-11-24(31-3)12-10-23/h4-14,20-21H,15-19H2,1-3H3. The first-order chi connectivity index (χ1) is 16.0. The molecule has 2 atom stereocenters. The van der Waals surface area contributed by atoms with Crippen molar-refractivity contribution in [1.29, 1.82) is 0 Å². The van der Waals surface area contributed by atoms with Crippen LogP contribution in [0.4, 0.5) is 0 Å². The third-order valence-electron chi connectivity index (χ3n) is 5.77. The number of ether oxygens (including phenoxy) is 2. The molecular weight excluding hydrogens is 416 g/mol. The lowest BCUT2D eigenvalue weighted by molar-refractivity contribution is -0.0592. The molecule has 1 aromatic heterocycles. The minimum Gasteiger partial charge on any atom is -0.497 e. The molecule has 1 fully saturated rings. The second-order valence-corrected chi connectivity index (χ2v) is 8.71. The molecule has 2 unspecified atom stereocenters.